The van der Waals surface area contributed by atoms with E-state index in [0.717, 1.165) is 19.5 Å². The van der Waals surface area contributed by atoms with Gasteiger partial charge in [0.1, 0.15) is 0 Å². The molecule has 1 saturated heterocycles. The van der Waals surface area contributed by atoms with E-state index in [1.54, 1.807) is 0 Å². The largest absolute Gasteiger partial charge is 0.314 e. The van der Waals surface area contributed by atoms with Crippen molar-refractivity contribution >= 4 is 0 Å². The van der Waals surface area contributed by atoms with Gasteiger partial charge < -0.3 is 5.32 Å². The molecule has 2 heteroatoms. The summed E-state index contributed by atoms with van der Waals surface area (Å²) in [6.07, 6.45) is 13.2. The highest BCUT2D eigenvalue weighted by atomic mass is 15.3. The minimum absolute atomic E-state index is 0.452. The van der Waals surface area contributed by atoms with Crippen LogP contribution in [0.3, 0.4) is 0 Å². The van der Waals surface area contributed by atoms with Gasteiger partial charge in [0.15, 0.2) is 0 Å². The van der Waals surface area contributed by atoms with E-state index in [9.17, 15) is 0 Å². The molecule has 1 heterocycles. The van der Waals surface area contributed by atoms with Gasteiger partial charge in [0, 0.05) is 38.1 Å². The number of rotatable bonds is 2. The topological polar surface area (TPSA) is 15.3 Å². The maximum absolute atomic E-state index is 5.37. The Labute approximate surface area is 93.4 Å². The smallest absolute Gasteiger partial charge is 0.0334 e. The fourth-order valence-electron chi connectivity index (χ4n) is 3.14. The minimum Gasteiger partial charge on any atom is -0.314 e. The molecule has 1 N–H and O–H groups in total. The Morgan fingerprint density at radius 1 is 1.27 bits per heavy atom. The molecule has 1 saturated carbocycles. The third-order valence-corrected chi connectivity index (χ3v) is 3.99. The van der Waals surface area contributed by atoms with E-state index in [0.29, 0.717) is 5.54 Å². The van der Waals surface area contributed by atoms with E-state index in [1.807, 2.05) is 0 Å². The molecule has 1 aliphatic carbocycles. The van der Waals surface area contributed by atoms with Gasteiger partial charge in [0.25, 0.3) is 0 Å². The van der Waals surface area contributed by atoms with E-state index in [-0.39, 0.29) is 0 Å². The van der Waals surface area contributed by atoms with Crippen molar-refractivity contribution in [2.45, 2.75) is 44.1 Å². The number of nitrogens with zero attached hydrogens (tertiary/aromatic N) is 1. The Kier molecular flexibility index (Phi) is 3.66. The van der Waals surface area contributed by atoms with E-state index in [4.69, 9.17) is 6.42 Å². The van der Waals surface area contributed by atoms with Gasteiger partial charge in [0.05, 0.1) is 0 Å². The van der Waals surface area contributed by atoms with E-state index >= 15 is 0 Å². The fourth-order valence-corrected chi connectivity index (χ4v) is 3.14. The SMILES string of the molecule is C#CCCN1CCNCC12CCCCC2. The van der Waals surface area contributed by atoms with Crippen LogP contribution in [0.4, 0.5) is 0 Å². The monoisotopic (exact) mass is 206 g/mol. The van der Waals surface area contributed by atoms with Gasteiger partial charge in [-0.25, -0.2) is 0 Å². The molecule has 0 aromatic heterocycles. The Morgan fingerprint density at radius 3 is 2.80 bits per heavy atom. The number of terminal acetylenes is 1. The lowest BCUT2D eigenvalue weighted by Crippen LogP contribution is -2.62. The van der Waals surface area contributed by atoms with Gasteiger partial charge in [-0.1, -0.05) is 19.3 Å². The van der Waals surface area contributed by atoms with Crippen molar-refractivity contribution in [2.75, 3.05) is 26.2 Å². The molecule has 0 bridgehead atoms. The van der Waals surface area contributed by atoms with Gasteiger partial charge >= 0.3 is 0 Å². The first kappa shape index (κ1) is 11.0. The highest BCUT2D eigenvalue weighted by Crippen LogP contribution is 2.34. The lowest BCUT2D eigenvalue weighted by atomic mass is 9.79. The lowest BCUT2D eigenvalue weighted by molar-refractivity contribution is 0.0296. The Bertz CT molecular complexity index is 227. The normalized spacial score (nSPS) is 26.3. The summed E-state index contributed by atoms with van der Waals surface area (Å²) in [5.74, 6) is 2.77. The van der Waals surface area contributed by atoms with Crippen LogP contribution in [-0.2, 0) is 0 Å². The van der Waals surface area contributed by atoms with Gasteiger partial charge in [-0.3, -0.25) is 4.90 Å². The molecular formula is C13H22N2. The van der Waals surface area contributed by atoms with Gasteiger partial charge in [-0.2, -0.15) is 0 Å². The van der Waals surface area contributed by atoms with Crippen LogP contribution in [0, 0.1) is 12.3 Å². The molecule has 0 unspecified atom stereocenters. The number of hydrogen-bond donors (Lipinski definition) is 1. The average molecular weight is 206 g/mol. The molecular weight excluding hydrogens is 184 g/mol. The van der Waals surface area contributed by atoms with E-state index < -0.39 is 0 Å². The summed E-state index contributed by atoms with van der Waals surface area (Å²) in [7, 11) is 0. The van der Waals surface area contributed by atoms with Crippen molar-refractivity contribution in [3.63, 3.8) is 0 Å². The molecule has 0 aromatic carbocycles. The molecule has 1 aliphatic heterocycles. The van der Waals surface area contributed by atoms with E-state index in [1.165, 1.54) is 45.2 Å². The van der Waals surface area contributed by atoms with Crippen LogP contribution in [-0.4, -0.2) is 36.6 Å². The summed E-state index contributed by atoms with van der Waals surface area (Å²) >= 11 is 0. The quantitative estimate of drug-likeness (QED) is 0.691. The average Bonchev–Trinajstić information content (AvgIpc) is 2.29. The molecule has 0 atom stereocenters. The van der Waals surface area contributed by atoms with E-state index in [2.05, 4.69) is 16.1 Å². The molecule has 2 aliphatic rings. The zero-order chi connectivity index (χ0) is 10.6. The summed E-state index contributed by atoms with van der Waals surface area (Å²) < 4.78 is 0. The third kappa shape index (κ3) is 2.35. The highest BCUT2D eigenvalue weighted by molar-refractivity contribution is 4.99. The second-order valence-corrected chi connectivity index (χ2v) is 4.90. The van der Waals surface area contributed by atoms with Crippen LogP contribution in [0.1, 0.15) is 38.5 Å². The van der Waals surface area contributed by atoms with Crippen molar-refractivity contribution in [1.29, 1.82) is 0 Å². The maximum Gasteiger partial charge on any atom is 0.0334 e. The van der Waals surface area contributed by atoms with Gasteiger partial charge in [0.2, 0.25) is 0 Å². The molecule has 1 spiro atoms. The zero-order valence-electron chi connectivity index (χ0n) is 9.60. The minimum atomic E-state index is 0.452. The Morgan fingerprint density at radius 2 is 2.07 bits per heavy atom. The van der Waals surface area contributed by atoms with Crippen LogP contribution in [0.15, 0.2) is 0 Å². The summed E-state index contributed by atoms with van der Waals surface area (Å²) in [5, 5.41) is 3.56. The second kappa shape index (κ2) is 5.01. The Hall–Kier alpha value is -0.520. The van der Waals surface area contributed by atoms with Crippen LogP contribution in [0.2, 0.25) is 0 Å². The predicted molar refractivity (Wildman–Crippen MR) is 63.7 cm³/mol. The summed E-state index contributed by atoms with van der Waals surface area (Å²) in [4.78, 5) is 2.66. The summed E-state index contributed by atoms with van der Waals surface area (Å²) in [6.45, 7) is 4.59. The van der Waals surface area contributed by atoms with Crippen molar-refractivity contribution < 1.29 is 0 Å². The number of piperazine rings is 1. The summed E-state index contributed by atoms with van der Waals surface area (Å²) in [5.41, 5.74) is 0.452. The molecule has 2 nitrogen and oxygen atoms in total. The second-order valence-electron chi connectivity index (χ2n) is 4.90. The molecule has 0 radical (unpaired) electrons. The summed E-state index contributed by atoms with van der Waals surface area (Å²) in [6, 6.07) is 0. The first-order valence-electron chi connectivity index (χ1n) is 6.27. The van der Waals surface area contributed by atoms with Crippen LogP contribution in [0.5, 0.6) is 0 Å². The molecule has 15 heavy (non-hydrogen) atoms. The molecule has 0 aromatic rings. The fraction of sp³-hybridized carbons (Fsp3) is 0.846. The maximum atomic E-state index is 5.37. The van der Waals surface area contributed by atoms with Crippen molar-refractivity contribution in [1.82, 2.24) is 10.2 Å². The predicted octanol–water partition coefficient (Wildman–Crippen LogP) is 1.62. The molecule has 2 rings (SSSR count). The van der Waals surface area contributed by atoms with Gasteiger partial charge in [-0.05, 0) is 12.8 Å². The lowest BCUT2D eigenvalue weighted by Gasteiger charge is -2.49. The number of hydrogen-bond acceptors (Lipinski definition) is 2. The third-order valence-electron chi connectivity index (χ3n) is 3.99. The number of nitrogens with one attached hydrogen (secondary N) is 1. The van der Waals surface area contributed by atoms with Crippen LogP contribution >= 0.6 is 0 Å². The standard InChI is InChI=1S/C13H22N2/c1-2-3-10-15-11-9-14-12-13(15)7-5-4-6-8-13/h1,14H,3-12H2. The molecule has 84 valence electrons. The van der Waals surface area contributed by atoms with Gasteiger partial charge in [-0.15, -0.1) is 12.3 Å². The first-order valence-corrected chi connectivity index (χ1v) is 6.27. The van der Waals surface area contributed by atoms with Crippen LogP contribution < -0.4 is 5.32 Å². The Balaban J connectivity index is 2.00. The molecule has 0 amide bonds. The zero-order valence-corrected chi connectivity index (χ0v) is 9.60. The molecule has 2 fully saturated rings. The highest BCUT2D eigenvalue weighted by Gasteiger charge is 2.38. The van der Waals surface area contributed by atoms with Crippen LogP contribution in [0.25, 0.3) is 0 Å². The van der Waals surface area contributed by atoms with Crippen molar-refractivity contribution in [3.05, 3.63) is 0 Å². The van der Waals surface area contributed by atoms with Crippen molar-refractivity contribution in [2.24, 2.45) is 0 Å². The first-order chi connectivity index (χ1) is 7.37. The van der Waals surface area contributed by atoms with Crippen molar-refractivity contribution in [3.8, 4) is 12.3 Å².